The molecule has 106 valence electrons. The van der Waals surface area contributed by atoms with Crippen LogP contribution in [0.15, 0.2) is 6.20 Å². The number of hydrogen-bond donors (Lipinski definition) is 3. The van der Waals surface area contributed by atoms with Gasteiger partial charge in [0, 0.05) is 12.7 Å². The molecule has 1 aromatic rings. The molecule has 0 atom stereocenters. The van der Waals surface area contributed by atoms with Crippen LogP contribution in [0.3, 0.4) is 0 Å². The molecule has 0 aliphatic heterocycles. The first kappa shape index (κ1) is 15.1. The molecule has 1 rings (SSSR count). The second-order valence-corrected chi connectivity index (χ2v) is 4.06. The Bertz CT molecular complexity index is 417. The quantitative estimate of drug-likeness (QED) is 0.571. The molecular formula is C11H20N6O2. The van der Waals surface area contributed by atoms with E-state index in [-0.39, 0.29) is 6.54 Å². The number of carbonyl (C=O) groups excluding carboxylic acids is 2. The average Bonchev–Trinajstić information content (AvgIpc) is 2.77. The lowest BCUT2D eigenvalue weighted by molar-refractivity contribution is -0.120. The minimum atomic E-state index is -0.504. The van der Waals surface area contributed by atoms with Crippen molar-refractivity contribution in [3.63, 3.8) is 0 Å². The number of unbranched alkanes of at least 4 members (excludes halogenated alkanes) is 1. The van der Waals surface area contributed by atoms with Gasteiger partial charge in [0.15, 0.2) is 0 Å². The van der Waals surface area contributed by atoms with Crippen LogP contribution in [0.4, 0.5) is 4.79 Å². The highest BCUT2D eigenvalue weighted by Crippen LogP contribution is 2.00. The highest BCUT2D eigenvalue weighted by molar-refractivity contribution is 5.94. The van der Waals surface area contributed by atoms with Crippen molar-refractivity contribution in [3.05, 3.63) is 11.9 Å². The number of nitrogens with two attached hydrogens (primary N) is 1. The summed E-state index contributed by atoms with van der Waals surface area (Å²) in [4.78, 5) is 22.6. The summed E-state index contributed by atoms with van der Waals surface area (Å²) in [7, 11) is 0. The first-order valence-electron chi connectivity index (χ1n) is 6.32. The average molecular weight is 268 g/mol. The summed E-state index contributed by atoms with van der Waals surface area (Å²) >= 11 is 0. The predicted molar refractivity (Wildman–Crippen MR) is 69.2 cm³/mol. The van der Waals surface area contributed by atoms with Gasteiger partial charge in [-0.05, 0) is 32.7 Å². The normalized spacial score (nSPS) is 10.2. The van der Waals surface area contributed by atoms with Gasteiger partial charge in [0.2, 0.25) is 5.91 Å². The Labute approximate surface area is 111 Å². The zero-order chi connectivity index (χ0) is 14.1. The zero-order valence-electron chi connectivity index (χ0n) is 11.1. The number of rotatable bonds is 7. The van der Waals surface area contributed by atoms with E-state index in [4.69, 9.17) is 5.73 Å². The standard InChI is InChI=1S/C11H20N6O2/c1-2-13-11(19)14-10(18)8-17-7-9(15-16-17)5-3-4-6-12/h7H,2-6,8,12H2,1H3,(H2,13,14,18,19). The van der Waals surface area contributed by atoms with E-state index in [1.165, 1.54) is 4.68 Å². The van der Waals surface area contributed by atoms with E-state index in [9.17, 15) is 9.59 Å². The predicted octanol–water partition coefficient (Wildman–Crippen LogP) is -0.595. The molecule has 0 saturated heterocycles. The highest BCUT2D eigenvalue weighted by atomic mass is 16.2. The molecule has 0 spiro atoms. The Morgan fingerprint density at radius 3 is 2.89 bits per heavy atom. The summed E-state index contributed by atoms with van der Waals surface area (Å²) in [5.74, 6) is -0.427. The van der Waals surface area contributed by atoms with Crippen LogP contribution >= 0.6 is 0 Å². The molecule has 8 nitrogen and oxygen atoms in total. The van der Waals surface area contributed by atoms with Crippen LogP contribution in [0.1, 0.15) is 25.5 Å². The zero-order valence-corrected chi connectivity index (χ0v) is 11.1. The van der Waals surface area contributed by atoms with Gasteiger partial charge in [0.05, 0.1) is 5.69 Å². The van der Waals surface area contributed by atoms with Gasteiger partial charge in [-0.1, -0.05) is 5.21 Å². The Morgan fingerprint density at radius 1 is 1.42 bits per heavy atom. The third kappa shape index (κ3) is 5.96. The molecule has 3 amide bonds. The van der Waals surface area contributed by atoms with Gasteiger partial charge in [-0.25, -0.2) is 9.48 Å². The third-order valence-corrected chi connectivity index (χ3v) is 2.37. The summed E-state index contributed by atoms with van der Waals surface area (Å²) in [6, 6.07) is -0.504. The fourth-order valence-electron chi connectivity index (χ4n) is 1.50. The third-order valence-electron chi connectivity index (χ3n) is 2.37. The van der Waals surface area contributed by atoms with Gasteiger partial charge >= 0.3 is 6.03 Å². The number of hydrogen-bond acceptors (Lipinski definition) is 5. The number of aromatic nitrogens is 3. The van der Waals surface area contributed by atoms with Crippen LogP contribution in [-0.4, -0.2) is 40.0 Å². The Morgan fingerprint density at radius 2 is 2.21 bits per heavy atom. The van der Waals surface area contributed by atoms with Crippen LogP contribution in [0.25, 0.3) is 0 Å². The largest absolute Gasteiger partial charge is 0.338 e. The van der Waals surface area contributed by atoms with Gasteiger partial charge in [-0.3, -0.25) is 10.1 Å². The Hall–Kier alpha value is -1.96. The van der Waals surface area contributed by atoms with Crippen molar-refractivity contribution in [2.24, 2.45) is 5.73 Å². The fraction of sp³-hybridized carbons (Fsp3) is 0.636. The van der Waals surface area contributed by atoms with E-state index >= 15 is 0 Å². The molecule has 8 heteroatoms. The first-order valence-corrected chi connectivity index (χ1v) is 6.32. The number of amides is 3. The Balaban J connectivity index is 2.36. The summed E-state index contributed by atoms with van der Waals surface area (Å²) in [5.41, 5.74) is 6.22. The van der Waals surface area contributed by atoms with Gasteiger partial charge in [0.1, 0.15) is 6.54 Å². The topological polar surface area (TPSA) is 115 Å². The van der Waals surface area contributed by atoms with Gasteiger partial charge in [-0.2, -0.15) is 0 Å². The van der Waals surface area contributed by atoms with Crippen molar-refractivity contribution in [1.82, 2.24) is 25.6 Å². The van der Waals surface area contributed by atoms with Crippen molar-refractivity contribution >= 4 is 11.9 Å². The van der Waals surface area contributed by atoms with E-state index in [1.54, 1.807) is 13.1 Å². The molecule has 0 bridgehead atoms. The SMILES string of the molecule is CCNC(=O)NC(=O)Cn1cc(CCCCN)nn1. The smallest absolute Gasteiger partial charge is 0.321 e. The second-order valence-electron chi connectivity index (χ2n) is 4.06. The maximum absolute atomic E-state index is 11.5. The number of carbonyl (C=O) groups is 2. The molecular weight excluding hydrogens is 248 g/mol. The molecule has 0 aliphatic carbocycles. The molecule has 1 aromatic heterocycles. The van der Waals surface area contributed by atoms with Crippen molar-refractivity contribution in [1.29, 1.82) is 0 Å². The number of nitrogens with zero attached hydrogens (tertiary/aromatic N) is 3. The van der Waals surface area contributed by atoms with Crippen molar-refractivity contribution in [2.75, 3.05) is 13.1 Å². The maximum atomic E-state index is 11.5. The molecule has 0 saturated carbocycles. The van der Waals surface area contributed by atoms with Crippen molar-refractivity contribution < 1.29 is 9.59 Å². The second kappa shape index (κ2) is 8.20. The van der Waals surface area contributed by atoms with Crippen molar-refractivity contribution in [2.45, 2.75) is 32.7 Å². The molecule has 19 heavy (non-hydrogen) atoms. The summed E-state index contributed by atoms with van der Waals surface area (Å²) in [6.07, 6.45) is 4.37. The molecule has 0 aliphatic rings. The van der Waals surface area contributed by atoms with Crippen LogP contribution in [0.5, 0.6) is 0 Å². The van der Waals surface area contributed by atoms with Crippen LogP contribution in [0.2, 0.25) is 0 Å². The monoisotopic (exact) mass is 268 g/mol. The summed E-state index contributed by atoms with van der Waals surface area (Å²) in [5, 5.41) is 12.4. The van der Waals surface area contributed by atoms with Crippen LogP contribution in [-0.2, 0) is 17.8 Å². The number of urea groups is 1. The summed E-state index contributed by atoms with van der Waals surface area (Å²) in [6.45, 7) is 2.87. The lowest BCUT2D eigenvalue weighted by atomic mass is 10.2. The maximum Gasteiger partial charge on any atom is 0.321 e. The molecule has 0 aromatic carbocycles. The van der Waals surface area contributed by atoms with Gasteiger partial charge in [-0.15, -0.1) is 5.10 Å². The number of imide groups is 1. The lowest BCUT2D eigenvalue weighted by Gasteiger charge is -2.03. The highest BCUT2D eigenvalue weighted by Gasteiger charge is 2.09. The Kier molecular flexibility index (Phi) is 6.51. The van der Waals surface area contributed by atoms with Crippen LogP contribution in [0, 0.1) is 0 Å². The minimum absolute atomic E-state index is 0.0268. The van der Waals surface area contributed by atoms with Gasteiger partial charge < -0.3 is 11.1 Å². The van der Waals surface area contributed by atoms with E-state index in [2.05, 4.69) is 20.9 Å². The molecule has 4 N–H and O–H groups in total. The van der Waals surface area contributed by atoms with Crippen LogP contribution < -0.4 is 16.4 Å². The van der Waals surface area contributed by atoms with Crippen molar-refractivity contribution in [3.8, 4) is 0 Å². The fourth-order valence-corrected chi connectivity index (χ4v) is 1.50. The molecule has 1 heterocycles. The van der Waals surface area contributed by atoms with E-state index in [1.807, 2.05) is 0 Å². The van der Waals surface area contributed by atoms with E-state index < -0.39 is 11.9 Å². The number of aryl methyl sites for hydroxylation is 1. The van der Waals surface area contributed by atoms with Gasteiger partial charge in [0.25, 0.3) is 0 Å². The molecule has 0 fully saturated rings. The molecule has 0 unspecified atom stereocenters. The lowest BCUT2D eigenvalue weighted by Crippen LogP contribution is -2.40. The minimum Gasteiger partial charge on any atom is -0.338 e. The van der Waals surface area contributed by atoms with E-state index in [0.29, 0.717) is 13.1 Å². The first-order chi connectivity index (χ1) is 9.15. The summed E-state index contributed by atoms with van der Waals surface area (Å²) < 4.78 is 1.41. The van der Waals surface area contributed by atoms with E-state index in [0.717, 1.165) is 25.0 Å². The molecule has 0 radical (unpaired) electrons. The number of nitrogens with one attached hydrogen (secondary N) is 2.